The monoisotopic (exact) mass is 297 g/mol. The standard InChI is InChI=1S/C14H23N3O4/c18-12(19)14(4-2-5-14)16-13(20)15-7-11-8-17-6-1-3-10(17)9-21-11/h10-11H,1-9H2,(H,18,19)(H2,15,16,20). The highest BCUT2D eigenvalue weighted by Crippen LogP contribution is 2.31. The summed E-state index contributed by atoms with van der Waals surface area (Å²) in [5.74, 6) is -0.947. The lowest BCUT2D eigenvalue weighted by molar-refractivity contribution is -0.148. The maximum Gasteiger partial charge on any atom is 0.329 e. The van der Waals surface area contributed by atoms with Gasteiger partial charge in [0.1, 0.15) is 5.54 Å². The first kappa shape index (κ1) is 14.6. The molecule has 2 atom stereocenters. The van der Waals surface area contributed by atoms with Gasteiger partial charge in [-0.25, -0.2) is 9.59 Å². The van der Waals surface area contributed by atoms with Crippen LogP contribution in [-0.4, -0.2) is 65.9 Å². The van der Waals surface area contributed by atoms with E-state index in [0.29, 0.717) is 25.4 Å². The molecule has 2 amide bonds. The Morgan fingerprint density at radius 2 is 2.14 bits per heavy atom. The quantitative estimate of drug-likeness (QED) is 0.687. The van der Waals surface area contributed by atoms with E-state index >= 15 is 0 Å². The lowest BCUT2D eigenvalue weighted by atomic mass is 9.77. The van der Waals surface area contributed by atoms with Crippen molar-refractivity contribution in [2.45, 2.75) is 49.8 Å². The van der Waals surface area contributed by atoms with Gasteiger partial charge < -0.3 is 20.5 Å². The Labute approximate surface area is 124 Å². The van der Waals surface area contributed by atoms with Gasteiger partial charge in [0.2, 0.25) is 0 Å². The number of fused-ring (bicyclic) bond motifs is 1. The van der Waals surface area contributed by atoms with Crippen LogP contribution in [0.5, 0.6) is 0 Å². The smallest absolute Gasteiger partial charge is 0.329 e. The largest absolute Gasteiger partial charge is 0.480 e. The molecule has 7 heteroatoms. The topological polar surface area (TPSA) is 90.9 Å². The molecule has 21 heavy (non-hydrogen) atoms. The molecule has 3 fully saturated rings. The molecule has 2 aliphatic heterocycles. The summed E-state index contributed by atoms with van der Waals surface area (Å²) in [4.78, 5) is 25.5. The molecular weight excluding hydrogens is 274 g/mol. The minimum Gasteiger partial charge on any atom is -0.480 e. The summed E-state index contributed by atoms with van der Waals surface area (Å²) in [7, 11) is 0. The summed E-state index contributed by atoms with van der Waals surface area (Å²) in [6.07, 6.45) is 4.26. The van der Waals surface area contributed by atoms with Crippen LogP contribution in [0.4, 0.5) is 4.79 Å². The van der Waals surface area contributed by atoms with Gasteiger partial charge in [-0.15, -0.1) is 0 Å². The van der Waals surface area contributed by atoms with E-state index in [4.69, 9.17) is 4.74 Å². The molecule has 3 aliphatic rings. The van der Waals surface area contributed by atoms with E-state index in [1.165, 1.54) is 12.8 Å². The third-order valence-electron chi connectivity index (χ3n) is 4.92. The van der Waals surface area contributed by atoms with Gasteiger partial charge in [0.05, 0.1) is 12.7 Å². The van der Waals surface area contributed by atoms with Crippen molar-refractivity contribution in [1.82, 2.24) is 15.5 Å². The number of morpholine rings is 1. The fourth-order valence-corrected chi connectivity index (χ4v) is 3.40. The fraction of sp³-hybridized carbons (Fsp3) is 0.857. The first-order valence-corrected chi connectivity index (χ1v) is 7.74. The minimum atomic E-state index is -1.06. The second-order valence-corrected chi connectivity index (χ2v) is 6.32. The second kappa shape index (κ2) is 5.81. The van der Waals surface area contributed by atoms with Crippen molar-refractivity contribution >= 4 is 12.0 Å². The average molecular weight is 297 g/mol. The van der Waals surface area contributed by atoms with Crippen LogP contribution in [-0.2, 0) is 9.53 Å². The number of nitrogens with zero attached hydrogens (tertiary/aromatic N) is 1. The van der Waals surface area contributed by atoms with Gasteiger partial charge in [0.25, 0.3) is 0 Å². The van der Waals surface area contributed by atoms with E-state index in [9.17, 15) is 14.7 Å². The molecule has 3 N–H and O–H groups in total. The lowest BCUT2D eigenvalue weighted by Crippen LogP contribution is -2.62. The highest BCUT2D eigenvalue weighted by atomic mass is 16.5. The van der Waals surface area contributed by atoms with Gasteiger partial charge in [-0.3, -0.25) is 4.90 Å². The van der Waals surface area contributed by atoms with Gasteiger partial charge in [-0.2, -0.15) is 0 Å². The minimum absolute atomic E-state index is 0.00716. The lowest BCUT2D eigenvalue weighted by Gasteiger charge is -2.38. The molecule has 2 heterocycles. The van der Waals surface area contributed by atoms with E-state index in [1.54, 1.807) is 0 Å². The molecule has 0 bridgehead atoms. The third kappa shape index (κ3) is 2.98. The number of aliphatic carboxylic acids is 1. The van der Waals surface area contributed by atoms with Crippen molar-refractivity contribution in [2.75, 3.05) is 26.2 Å². The number of carboxylic acid groups (broad SMARTS) is 1. The van der Waals surface area contributed by atoms with Crippen molar-refractivity contribution < 1.29 is 19.4 Å². The van der Waals surface area contributed by atoms with Crippen LogP contribution >= 0.6 is 0 Å². The van der Waals surface area contributed by atoms with E-state index in [0.717, 1.165) is 26.1 Å². The molecule has 0 aromatic rings. The van der Waals surface area contributed by atoms with Crippen molar-refractivity contribution in [3.63, 3.8) is 0 Å². The molecule has 0 radical (unpaired) electrons. The Morgan fingerprint density at radius 3 is 2.81 bits per heavy atom. The summed E-state index contributed by atoms with van der Waals surface area (Å²) in [6.45, 7) is 3.10. The van der Waals surface area contributed by atoms with Crippen molar-refractivity contribution in [3.8, 4) is 0 Å². The molecule has 0 aromatic heterocycles. The molecule has 1 saturated carbocycles. The molecule has 1 aliphatic carbocycles. The molecule has 0 spiro atoms. The summed E-state index contributed by atoms with van der Waals surface area (Å²) < 4.78 is 5.76. The maximum atomic E-state index is 11.9. The molecule has 7 nitrogen and oxygen atoms in total. The van der Waals surface area contributed by atoms with Crippen LogP contribution in [0, 0.1) is 0 Å². The normalized spacial score (nSPS) is 31.0. The number of carbonyl (C=O) groups is 2. The number of hydrogen-bond acceptors (Lipinski definition) is 4. The summed E-state index contributed by atoms with van der Waals surface area (Å²) in [5, 5.41) is 14.5. The first-order chi connectivity index (χ1) is 10.1. The van der Waals surface area contributed by atoms with Gasteiger partial charge >= 0.3 is 12.0 Å². The Morgan fingerprint density at radius 1 is 1.33 bits per heavy atom. The van der Waals surface area contributed by atoms with Crippen LogP contribution in [0.2, 0.25) is 0 Å². The highest BCUT2D eigenvalue weighted by molar-refractivity contribution is 5.87. The number of nitrogens with one attached hydrogen (secondary N) is 2. The highest BCUT2D eigenvalue weighted by Gasteiger charge is 2.45. The Hall–Kier alpha value is -1.34. The SMILES string of the molecule is O=C(NCC1CN2CCCC2CO1)NC1(C(=O)O)CCC1. The van der Waals surface area contributed by atoms with E-state index in [1.807, 2.05) is 0 Å². The van der Waals surface area contributed by atoms with E-state index in [2.05, 4.69) is 15.5 Å². The molecule has 2 saturated heterocycles. The Balaban J connectivity index is 1.42. The fourth-order valence-electron chi connectivity index (χ4n) is 3.40. The van der Waals surface area contributed by atoms with Crippen LogP contribution < -0.4 is 10.6 Å². The van der Waals surface area contributed by atoms with Gasteiger partial charge in [-0.1, -0.05) is 0 Å². The Bertz CT molecular complexity index is 424. The second-order valence-electron chi connectivity index (χ2n) is 6.32. The van der Waals surface area contributed by atoms with Gasteiger partial charge in [0, 0.05) is 19.1 Å². The van der Waals surface area contributed by atoms with Crippen LogP contribution in [0.3, 0.4) is 0 Å². The number of hydrogen-bond donors (Lipinski definition) is 3. The summed E-state index contributed by atoms with van der Waals surface area (Å²) in [5.41, 5.74) is -1.06. The number of carboxylic acids is 1. The maximum absolute atomic E-state index is 11.9. The van der Waals surface area contributed by atoms with Crippen molar-refractivity contribution in [1.29, 1.82) is 0 Å². The van der Waals surface area contributed by atoms with E-state index in [-0.39, 0.29) is 6.10 Å². The third-order valence-corrected chi connectivity index (χ3v) is 4.92. The van der Waals surface area contributed by atoms with E-state index < -0.39 is 17.5 Å². The zero-order valence-corrected chi connectivity index (χ0v) is 12.1. The zero-order valence-electron chi connectivity index (χ0n) is 12.1. The van der Waals surface area contributed by atoms with Gasteiger partial charge in [0.15, 0.2) is 0 Å². The average Bonchev–Trinajstić information content (AvgIpc) is 2.87. The van der Waals surface area contributed by atoms with Crippen LogP contribution in [0.15, 0.2) is 0 Å². The number of amides is 2. The number of carbonyl (C=O) groups excluding carboxylic acids is 1. The summed E-state index contributed by atoms with van der Waals surface area (Å²) >= 11 is 0. The molecule has 0 aromatic carbocycles. The zero-order chi connectivity index (χ0) is 14.9. The van der Waals surface area contributed by atoms with Gasteiger partial charge in [-0.05, 0) is 38.6 Å². The number of ether oxygens (including phenoxy) is 1. The van der Waals surface area contributed by atoms with Crippen LogP contribution in [0.25, 0.3) is 0 Å². The Kier molecular flexibility index (Phi) is 4.03. The van der Waals surface area contributed by atoms with Crippen LogP contribution in [0.1, 0.15) is 32.1 Å². The predicted molar refractivity (Wildman–Crippen MR) is 75.1 cm³/mol. The first-order valence-electron chi connectivity index (χ1n) is 7.74. The van der Waals surface area contributed by atoms with Crippen molar-refractivity contribution in [3.05, 3.63) is 0 Å². The molecule has 2 unspecified atom stereocenters. The summed E-state index contributed by atoms with van der Waals surface area (Å²) in [6, 6.07) is 0.129. The predicted octanol–water partition coefficient (Wildman–Crippen LogP) is 0.156. The van der Waals surface area contributed by atoms with Crippen molar-refractivity contribution in [2.24, 2.45) is 0 Å². The number of urea groups is 1. The molecule has 3 rings (SSSR count). The number of rotatable bonds is 4. The molecule has 118 valence electrons. The molecular formula is C14H23N3O4.